The molecule has 1 aliphatic rings. The molecule has 1 aliphatic heterocycles. The first-order valence-electron chi connectivity index (χ1n) is 7.91. The zero-order valence-electron chi connectivity index (χ0n) is 14.5. The van der Waals surface area contributed by atoms with E-state index in [0.717, 1.165) is 5.56 Å². The number of rotatable bonds is 3. The first-order valence-corrected chi connectivity index (χ1v) is 9.46. The summed E-state index contributed by atoms with van der Waals surface area (Å²) < 4.78 is 32.5. The third-order valence-electron chi connectivity index (χ3n) is 4.09. The molecule has 0 spiro atoms. The van der Waals surface area contributed by atoms with Gasteiger partial charge in [-0.1, -0.05) is 6.07 Å². The third-order valence-corrected chi connectivity index (χ3v) is 5.85. The van der Waals surface area contributed by atoms with Gasteiger partial charge in [-0.2, -0.15) is 0 Å². The molecule has 1 amide bonds. The van der Waals surface area contributed by atoms with Crippen molar-refractivity contribution in [2.75, 3.05) is 16.7 Å². The second kappa shape index (κ2) is 6.07. The Labute approximate surface area is 147 Å². The van der Waals surface area contributed by atoms with Gasteiger partial charge in [-0.3, -0.25) is 9.52 Å². The number of amides is 1. The number of nitrogens with one attached hydrogen (secondary N) is 1. The van der Waals surface area contributed by atoms with Crippen molar-refractivity contribution < 1.29 is 17.9 Å². The van der Waals surface area contributed by atoms with Crippen molar-refractivity contribution in [3.8, 4) is 11.5 Å². The van der Waals surface area contributed by atoms with Crippen molar-refractivity contribution in [1.29, 1.82) is 0 Å². The number of benzene rings is 2. The summed E-state index contributed by atoms with van der Waals surface area (Å²) in [5, 5.41) is -0.576. The summed E-state index contributed by atoms with van der Waals surface area (Å²) in [6.45, 7) is 5.12. The third kappa shape index (κ3) is 3.19. The maximum atomic E-state index is 12.8. The number of fused-ring (bicyclic) bond motifs is 2. The molecule has 1 heterocycles. The average molecular weight is 360 g/mol. The standard InChI is InChI=1S/C18H20N2O4S/c1-11(2)25(22,23)19-13-6-8-16-14(10-13)18(21)20(4)15-9-12(3)5-7-17(15)24-16/h5-11,19H,1-4H3. The fourth-order valence-electron chi connectivity index (χ4n) is 2.52. The lowest BCUT2D eigenvalue weighted by Crippen LogP contribution is -2.26. The van der Waals surface area contributed by atoms with Gasteiger partial charge < -0.3 is 9.64 Å². The van der Waals surface area contributed by atoms with Crippen molar-refractivity contribution in [2.24, 2.45) is 0 Å². The molecule has 2 aromatic rings. The summed E-state index contributed by atoms with van der Waals surface area (Å²) in [7, 11) is -1.82. The number of carbonyl (C=O) groups excluding carboxylic acids is 1. The molecule has 25 heavy (non-hydrogen) atoms. The molecule has 0 bridgehead atoms. The summed E-state index contributed by atoms with van der Waals surface area (Å²) >= 11 is 0. The van der Waals surface area contributed by atoms with Crippen molar-refractivity contribution in [2.45, 2.75) is 26.0 Å². The van der Waals surface area contributed by atoms with Crippen LogP contribution >= 0.6 is 0 Å². The number of hydrogen-bond donors (Lipinski definition) is 1. The highest BCUT2D eigenvalue weighted by atomic mass is 32.2. The van der Waals surface area contributed by atoms with Crippen LogP contribution in [0.2, 0.25) is 0 Å². The largest absolute Gasteiger partial charge is 0.454 e. The molecule has 0 unspecified atom stereocenters. The molecule has 0 fully saturated rings. The Hall–Kier alpha value is -2.54. The van der Waals surface area contributed by atoms with E-state index in [1.54, 1.807) is 33.0 Å². The Morgan fingerprint density at radius 2 is 1.76 bits per heavy atom. The van der Waals surface area contributed by atoms with E-state index in [1.807, 2.05) is 25.1 Å². The van der Waals surface area contributed by atoms with E-state index in [9.17, 15) is 13.2 Å². The second-order valence-corrected chi connectivity index (χ2v) is 8.58. The molecule has 1 N–H and O–H groups in total. The molecular weight excluding hydrogens is 340 g/mol. The topological polar surface area (TPSA) is 75.7 Å². The molecule has 132 valence electrons. The molecule has 6 nitrogen and oxygen atoms in total. The van der Waals surface area contributed by atoms with E-state index in [-0.39, 0.29) is 5.91 Å². The van der Waals surface area contributed by atoms with Gasteiger partial charge in [-0.05, 0) is 56.7 Å². The molecule has 0 aliphatic carbocycles. The van der Waals surface area contributed by atoms with Crippen LogP contribution in [0.25, 0.3) is 0 Å². The number of anilines is 2. The fourth-order valence-corrected chi connectivity index (χ4v) is 3.21. The van der Waals surface area contributed by atoms with Crippen LogP contribution in [0.1, 0.15) is 29.8 Å². The van der Waals surface area contributed by atoms with Crippen LogP contribution in [0.5, 0.6) is 11.5 Å². The van der Waals surface area contributed by atoms with E-state index >= 15 is 0 Å². The van der Waals surface area contributed by atoms with E-state index in [4.69, 9.17) is 4.74 Å². The molecular formula is C18H20N2O4S. The second-order valence-electron chi connectivity index (χ2n) is 6.34. The van der Waals surface area contributed by atoms with Gasteiger partial charge in [0.1, 0.15) is 5.75 Å². The smallest absolute Gasteiger partial charge is 0.261 e. The molecule has 7 heteroatoms. The van der Waals surface area contributed by atoms with Crippen molar-refractivity contribution in [1.82, 2.24) is 0 Å². The number of ether oxygens (including phenoxy) is 1. The maximum Gasteiger partial charge on any atom is 0.261 e. The number of carbonyl (C=O) groups is 1. The Bertz CT molecular complexity index is 952. The predicted octanol–water partition coefficient (Wildman–Crippen LogP) is 3.53. The monoisotopic (exact) mass is 360 g/mol. The SMILES string of the molecule is Cc1ccc2c(c1)N(C)C(=O)c1cc(NS(=O)(=O)C(C)C)ccc1O2. The van der Waals surface area contributed by atoms with Crippen LogP contribution in [0.3, 0.4) is 0 Å². The highest BCUT2D eigenvalue weighted by Crippen LogP contribution is 2.39. The van der Waals surface area contributed by atoms with Crippen molar-refractivity contribution >= 4 is 27.3 Å². The Kier molecular flexibility index (Phi) is 4.20. The minimum atomic E-state index is -3.49. The van der Waals surface area contributed by atoms with Gasteiger partial charge >= 0.3 is 0 Å². The zero-order chi connectivity index (χ0) is 18.4. The highest BCUT2D eigenvalue weighted by Gasteiger charge is 2.27. The summed E-state index contributed by atoms with van der Waals surface area (Å²) in [6.07, 6.45) is 0. The minimum Gasteiger partial charge on any atom is -0.454 e. The van der Waals surface area contributed by atoms with Crippen LogP contribution in [-0.2, 0) is 10.0 Å². The van der Waals surface area contributed by atoms with Gasteiger partial charge in [-0.15, -0.1) is 0 Å². The number of aryl methyl sites for hydroxylation is 1. The average Bonchev–Trinajstić information content (AvgIpc) is 2.64. The Balaban J connectivity index is 2.05. The van der Waals surface area contributed by atoms with Crippen LogP contribution in [-0.4, -0.2) is 26.6 Å². The van der Waals surface area contributed by atoms with Crippen molar-refractivity contribution in [3.63, 3.8) is 0 Å². The van der Waals surface area contributed by atoms with Crippen LogP contribution in [0.4, 0.5) is 11.4 Å². The molecule has 0 aromatic heterocycles. The van der Waals surface area contributed by atoms with Crippen LogP contribution in [0.15, 0.2) is 36.4 Å². The highest BCUT2D eigenvalue weighted by molar-refractivity contribution is 7.93. The molecule has 0 radical (unpaired) electrons. The zero-order valence-corrected chi connectivity index (χ0v) is 15.3. The first kappa shape index (κ1) is 17.3. The van der Waals surface area contributed by atoms with Gasteiger partial charge in [0.15, 0.2) is 5.75 Å². The Morgan fingerprint density at radius 3 is 2.44 bits per heavy atom. The van der Waals surface area contributed by atoms with E-state index in [1.165, 1.54) is 11.0 Å². The Morgan fingerprint density at radius 1 is 1.08 bits per heavy atom. The minimum absolute atomic E-state index is 0.259. The molecule has 0 atom stereocenters. The lowest BCUT2D eigenvalue weighted by Gasteiger charge is -2.17. The maximum absolute atomic E-state index is 12.8. The van der Waals surface area contributed by atoms with Gasteiger partial charge in [-0.25, -0.2) is 8.42 Å². The van der Waals surface area contributed by atoms with Gasteiger partial charge in [0.25, 0.3) is 5.91 Å². The quantitative estimate of drug-likeness (QED) is 0.908. The predicted molar refractivity (Wildman–Crippen MR) is 98.1 cm³/mol. The summed E-state index contributed by atoms with van der Waals surface area (Å²) in [6, 6.07) is 10.3. The first-order chi connectivity index (χ1) is 11.7. The van der Waals surface area contributed by atoms with Gasteiger partial charge in [0, 0.05) is 12.7 Å². The lowest BCUT2D eigenvalue weighted by atomic mass is 10.1. The fraction of sp³-hybridized carbons (Fsp3) is 0.278. The van der Waals surface area contributed by atoms with E-state index in [2.05, 4.69) is 4.72 Å². The summed E-state index contributed by atoms with van der Waals surface area (Å²) in [4.78, 5) is 14.3. The lowest BCUT2D eigenvalue weighted by molar-refractivity contribution is 0.0993. The van der Waals surface area contributed by atoms with Crippen LogP contribution < -0.4 is 14.4 Å². The number of hydrogen-bond acceptors (Lipinski definition) is 4. The number of sulfonamides is 1. The summed E-state index contributed by atoms with van der Waals surface area (Å²) in [5.41, 5.74) is 2.32. The van der Waals surface area contributed by atoms with E-state index < -0.39 is 15.3 Å². The normalized spacial score (nSPS) is 13.8. The molecule has 2 aromatic carbocycles. The van der Waals surface area contributed by atoms with Crippen molar-refractivity contribution in [3.05, 3.63) is 47.5 Å². The molecule has 3 rings (SSSR count). The van der Waals surface area contributed by atoms with Gasteiger partial charge in [0.05, 0.1) is 16.5 Å². The van der Waals surface area contributed by atoms with Crippen LogP contribution in [0, 0.1) is 6.92 Å². The molecule has 0 saturated carbocycles. The van der Waals surface area contributed by atoms with Gasteiger partial charge in [0.2, 0.25) is 10.0 Å². The number of nitrogens with zero attached hydrogens (tertiary/aromatic N) is 1. The van der Waals surface area contributed by atoms with E-state index in [0.29, 0.717) is 28.4 Å². The summed E-state index contributed by atoms with van der Waals surface area (Å²) in [5.74, 6) is 0.715. The molecule has 0 saturated heterocycles.